The molecule has 0 saturated carbocycles. The summed E-state index contributed by atoms with van der Waals surface area (Å²) >= 11 is 0. The summed E-state index contributed by atoms with van der Waals surface area (Å²) < 4.78 is 5.43. The van der Waals surface area contributed by atoms with Gasteiger partial charge in [-0.2, -0.15) is 0 Å². The number of anilines is 1. The minimum atomic E-state index is -0.423. The molecule has 1 N–H and O–H groups in total. The average Bonchev–Trinajstić information content (AvgIpc) is 2.82. The van der Waals surface area contributed by atoms with Crippen molar-refractivity contribution in [1.29, 1.82) is 0 Å². The van der Waals surface area contributed by atoms with Crippen LogP contribution in [-0.4, -0.2) is 11.5 Å². The molecule has 1 aliphatic heterocycles. The zero-order valence-electron chi connectivity index (χ0n) is 18.6. The first-order valence-electron chi connectivity index (χ1n) is 11.2. The second kappa shape index (κ2) is 7.21. The van der Waals surface area contributed by atoms with E-state index >= 15 is 0 Å². The maximum Gasteiger partial charge on any atom is 0.308 e. The third-order valence-corrected chi connectivity index (χ3v) is 6.49. The first-order valence-corrected chi connectivity index (χ1v) is 11.2. The highest BCUT2D eigenvalue weighted by Crippen LogP contribution is 2.39. The Morgan fingerprint density at radius 2 is 1.58 bits per heavy atom. The lowest BCUT2D eigenvalue weighted by molar-refractivity contribution is -0.131. The van der Waals surface area contributed by atoms with Crippen molar-refractivity contribution in [2.45, 2.75) is 19.4 Å². The molecule has 0 bridgehead atoms. The highest BCUT2D eigenvalue weighted by Gasteiger charge is 2.25. The average molecular weight is 430 g/mol. The summed E-state index contributed by atoms with van der Waals surface area (Å²) in [5, 5.41) is 11.2. The SMILES string of the molecule is CC(=O)Oc1cccc2c1NC(C)(/C=C/c1ccc3ccc4cccc5ccc1c3c45)C=C2. The van der Waals surface area contributed by atoms with E-state index in [4.69, 9.17) is 4.74 Å². The molecular formula is C30H23NO2. The van der Waals surface area contributed by atoms with Crippen molar-refractivity contribution in [3.05, 3.63) is 96.1 Å². The van der Waals surface area contributed by atoms with Gasteiger partial charge in [-0.25, -0.2) is 0 Å². The molecule has 0 aliphatic carbocycles. The Kier molecular flexibility index (Phi) is 4.27. The van der Waals surface area contributed by atoms with Gasteiger partial charge in [-0.3, -0.25) is 4.79 Å². The van der Waals surface area contributed by atoms with Gasteiger partial charge in [0, 0.05) is 12.5 Å². The minimum absolute atomic E-state index is 0.328. The van der Waals surface area contributed by atoms with Gasteiger partial charge >= 0.3 is 5.97 Å². The highest BCUT2D eigenvalue weighted by molar-refractivity contribution is 6.24. The van der Waals surface area contributed by atoms with Crippen LogP contribution in [0.25, 0.3) is 44.5 Å². The van der Waals surface area contributed by atoms with Gasteiger partial charge in [0.15, 0.2) is 5.75 Å². The summed E-state index contributed by atoms with van der Waals surface area (Å²) in [6.45, 7) is 3.54. The molecule has 6 rings (SSSR count). The first-order chi connectivity index (χ1) is 16.0. The van der Waals surface area contributed by atoms with Gasteiger partial charge in [-0.15, -0.1) is 0 Å². The van der Waals surface area contributed by atoms with Crippen molar-refractivity contribution in [1.82, 2.24) is 0 Å². The molecule has 0 aromatic heterocycles. The van der Waals surface area contributed by atoms with Crippen molar-refractivity contribution in [2.75, 3.05) is 5.32 Å². The Hall–Kier alpha value is -4.11. The number of hydrogen-bond acceptors (Lipinski definition) is 3. The molecule has 1 unspecified atom stereocenters. The molecule has 160 valence electrons. The molecular weight excluding hydrogens is 406 g/mol. The van der Waals surface area contributed by atoms with Crippen LogP contribution >= 0.6 is 0 Å². The number of rotatable bonds is 3. The lowest BCUT2D eigenvalue weighted by atomic mass is 9.90. The van der Waals surface area contributed by atoms with Crippen molar-refractivity contribution in [3.63, 3.8) is 0 Å². The molecule has 5 aromatic rings. The smallest absolute Gasteiger partial charge is 0.308 e. The second-order valence-corrected chi connectivity index (χ2v) is 8.90. The van der Waals surface area contributed by atoms with Gasteiger partial charge in [0.2, 0.25) is 0 Å². The number of esters is 1. The first kappa shape index (κ1) is 19.6. The van der Waals surface area contributed by atoms with E-state index in [2.05, 4.69) is 91.1 Å². The second-order valence-electron chi connectivity index (χ2n) is 8.90. The topological polar surface area (TPSA) is 38.3 Å². The fourth-order valence-electron chi connectivity index (χ4n) is 4.90. The van der Waals surface area contributed by atoms with E-state index < -0.39 is 5.54 Å². The number of fused-ring (bicyclic) bond motifs is 1. The highest BCUT2D eigenvalue weighted by atomic mass is 16.5. The number of benzene rings is 5. The zero-order chi connectivity index (χ0) is 22.6. The van der Waals surface area contributed by atoms with Gasteiger partial charge in [0.25, 0.3) is 0 Å². The minimum Gasteiger partial charge on any atom is -0.424 e. The van der Waals surface area contributed by atoms with Crippen LogP contribution in [0.1, 0.15) is 25.0 Å². The van der Waals surface area contributed by atoms with E-state index in [-0.39, 0.29) is 5.97 Å². The fourth-order valence-corrected chi connectivity index (χ4v) is 4.90. The van der Waals surface area contributed by atoms with Crippen molar-refractivity contribution in [2.24, 2.45) is 0 Å². The van der Waals surface area contributed by atoms with E-state index in [9.17, 15) is 4.79 Å². The van der Waals surface area contributed by atoms with Crippen LogP contribution in [0, 0.1) is 0 Å². The van der Waals surface area contributed by atoms with Crippen LogP contribution in [0.4, 0.5) is 5.69 Å². The van der Waals surface area contributed by atoms with Gasteiger partial charge < -0.3 is 10.1 Å². The van der Waals surface area contributed by atoms with Crippen LogP contribution in [0.2, 0.25) is 0 Å². The molecule has 33 heavy (non-hydrogen) atoms. The van der Waals surface area contributed by atoms with E-state index in [0.29, 0.717) is 5.75 Å². The number of nitrogens with one attached hydrogen (secondary N) is 1. The largest absolute Gasteiger partial charge is 0.424 e. The number of carbonyl (C=O) groups is 1. The lowest BCUT2D eigenvalue weighted by Gasteiger charge is -2.31. The Labute approximate surface area is 192 Å². The van der Waals surface area contributed by atoms with Crippen molar-refractivity contribution in [3.8, 4) is 5.75 Å². The van der Waals surface area contributed by atoms with E-state index in [1.54, 1.807) is 0 Å². The van der Waals surface area contributed by atoms with Gasteiger partial charge in [-0.1, -0.05) is 91.0 Å². The Morgan fingerprint density at radius 3 is 2.36 bits per heavy atom. The monoisotopic (exact) mass is 429 g/mol. The standard InChI is InChI=1S/C30H23NO2/c1-19(32)33-26-8-4-7-24-16-18-30(2,31-29(24)26)17-15-20-9-10-23-12-11-21-5-3-6-22-13-14-25(20)28(23)27(21)22/h3-18,31H,1-2H3/b17-15+. The quantitative estimate of drug-likeness (QED) is 0.184. The summed E-state index contributed by atoms with van der Waals surface area (Å²) in [5.74, 6) is 0.220. The Bertz CT molecular complexity index is 1600. The zero-order valence-corrected chi connectivity index (χ0v) is 18.6. The molecule has 0 spiro atoms. The molecule has 3 heteroatoms. The predicted octanol–water partition coefficient (Wildman–Crippen LogP) is 7.42. The molecule has 0 fully saturated rings. The maximum atomic E-state index is 11.6. The summed E-state index contributed by atoms with van der Waals surface area (Å²) in [4.78, 5) is 11.6. The van der Waals surface area contributed by atoms with Crippen LogP contribution in [0.15, 0.2) is 84.9 Å². The van der Waals surface area contributed by atoms with Gasteiger partial charge in [0.05, 0.1) is 11.2 Å². The van der Waals surface area contributed by atoms with Crippen LogP contribution < -0.4 is 10.1 Å². The molecule has 1 heterocycles. The molecule has 0 radical (unpaired) electrons. The maximum absolute atomic E-state index is 11.6. The van der Waals surface area contributed by atoms with E-state index in [1.165, 1.54) is 44.8 Å². The molecule has 5 aromatic carbocycles. The molecule has 3 nitrogen and oxygen atoms in total. The number of carbonyl (C=O) groups excluding carboxylic acids is 1. The normalized spacial score (nSPS) is 17.6. The molecule has 0 amide bonds. The van der Waals surface area contributed by atoms with Crippen LogP contribution in [-0.2, 0) is 4.79 Å². The predicted molar refractivity (Wildman–Crippen MR) is 138 cm³/mol. The summed E-state index contributed by atoms with van der Waals surface area (Å²) in [7, 11) is 0. The fraction of sp³-hybridized carbons (Fsp3) is 0.100. The van der Waals surface area contributed by atoms with Crippen LogP contribution in [0.3, 0.4) is 0 Å². The molecule has 1 aliphatic rings. The van der Waals surface area contributed by atoms with E-state index in [1.807, 2.05) is 18.2 Å². The van der Waals surface area contributed by atoms with E-state index in [0.717, 1.165) is 11.3 Å². The third-order valence-electron chi connectivity index (χ3n) is 6.49. The van der Waals surface area contributed by atoms with Gasteiger partial charge in [0.1, 0.15) is 0 Å². The molecule has 1 atom stereocenters. The number of para-hydroxylation sites is 1. The Morgan fingerprint density at radius 1 is 0.879 bits per heavy atom. The van der Waals surface area contributed by atoms with Gasteiger partial charge in [-0.05, 0) is 50.9 Å². The van der Waals surface area contributed by atoms with Crippen LogP contribution in [0.5, 0.6) is 5.75 Å². The number of ether oxygens (including phenoxy) is 1. The lowest BCUT2D eigenvalue weighted by Crippen LogP contribution is -2.32. The third kappa shape index (κ3) is 3.25. The Balaban J connectivity index is 1.43. The van der Waals surface area contributed by atoms with Crippen molar-refractivity contribution < 1.29 is 9.53 Å². The number of hydrogen-bond donors (Lipinski definition) is 1. The molecule has 0 saturated heterocycles. The summed E-state index contributed by atoms with van der Waals surface area (Å²) in [6.07, 6.45) is 8.57. The van der Waals surface area contributed by atoms with Crippen molar-refractivity contribution >= 4 is 56.1 Å². The summed E-state index contributed by atoms with van der Waals surface area (Å²) in [6, 6.07) is 25.4. The summed E-state index contributed by atoms with van der Waals surface area (Å²) in [5.41, 5.74) is 2.59.